The summed E-state index contributed by atoms with van der Waals surface area (Å²) in [6, 6.07) is 59.6. The fraction of sp³-hybridized carbons (Fsp3) is 0. The van der Waals surface area contributed by atoms with Crippen molar-refractivity contribution in [1.82, 2.24) is 0 Å². The van der Waals surface area contributed by atoms with Crippen LogP contribution in [-0.4, -0.2) is 0 Å². The standard InChI is InChI=1S/C60H36/c1-2-8-44-31-47(22-17-37(44)7-1)52-35-50(45-13-5-15-48(32-45)53-27-23-42-20-18-38-9-3-11-40-25-29-55(53)59(42)57(38)40)34-51(36-52)46-14-6-16-49(33-46)54-28-24-43-21-19-39-10-4-12-41-26-30-56(54)60(43)58(39)41/h1-36H/i1D,2D,7D,8D,17D,22D,31D. The molecule has 0 N–H and O–H groups in total. The van der Waals surface area contributed by atoms with Crippen molar-refractivity contribution in [3.63, 3.8) is 0 Å². The second-order valence-corrected chi connectivity index (χ2v) is 15.9. The molecule has 13 rings (SSSR count). The Balaban J connectivity index is 1.03. The van der Waals surface area contributed by atoms with Crippen LogP contribution in [0.4, 0.5) is 0 Å². The van der Waals surface area contributed by atoms with Crippen molar-refractivity contribution in [1.29, 1.82) is 0 Å². The van der Waals surface area contributed by atoms with E-state index >= 15 is 0 Å². The van der Waals surface area contributed by atoms with Crippen molar-refractivity contribution in [2.45, 2.75) is 0 Å². The van der Waals surface area contributed by atoms with Gasteiger partial charge in [0.15, 0.2) is 0 Å². The fourth-order valence-corrected chi connectivity index (χ4v) is 9.74. The number of benzene rings is 13. The molecule has 0 saturated carbocycles. The molecule has 0 aliphatic heterocycles. The van der Waals surface area contributed by atoms with E-state index in [0.717, 1.165) is 44.5 Å². The maximum absolute atomic E-state index is 9.54. The molecule has 0 unspecified atom stereocenters. The molecule has 0 bridgehead atoms. The molecule has 0 atom stereocenters. The molecule has 0 aliphatic rings. The van der Waals surface area contributed by atoms with Crippen molar-refractivity contribution >= 4 is 75.4 Å². The highest BCUT2D eigenvalue weighted by molar-refractivity contribution is 6.26. The average molecular weight is 764 g/mol. The van der Waals surface area contributed by atoms with Gasteiger partial charge in [0, 0.05) is 0 Å². The van der Waals surface area contributed by atoms with Crippen LogP contribution >= 0.6 is 0 Å². The first kappa shape index (κ1) is 27.0. The van der Waals surface area contributed by atoms with Gasteiger partial charge in [0.05, 0.1) is 9.60 Å². The van der Waals surface area contributed by atoms with Crippen LogP contribution in [0, 0.1) is 0 Å². The van der Waals surface area contributed by atoms with E-state index in [1.54, 1.807) is 0 Å². The molecule has 13 aromatic carbocycles. The van der Waals surface area contributed by atoms with Gasteiger partial charge in [-0.25, -0.2) is 0 Å². The Morgan fingerprint density at radius 1 is 0.250 bits per heavy atom. The van der Waals surface area contributed by atoms with Crippen molar-refractivity contribution < 1.29 is 9.60 Å². The first-order valence-electron chi connectivity index (χ1n) is 23.8. The van der Waals surface area contributed by atoms with Gasteiger partial charge in [0.1, 0.15) is 0 Å². The second-order valence-electron chi connectivity index (χ2n) is 15.9. The molecule has 0 heteroatoms. The van der Waals surface area contributed by atoms with E-state index in [2.05, 4.69) is 164 Å². The Morgan fingerprint density at radius 3 is 1.15 bits per heavy atom. The second kappa shape index (κ2) is 12.9. The van der Waals surface area contributed by atoms with Crippen LogP contribution in [0.3, 0.4) is 0 Å². The van der Waals surface area contributed by atoms with Gasteiger partial charge in [-0.2, -0.15) is 0 Å². The molecule has 276 valence electrons. The van der Waals surface area contributed by atoms with Crippen molar-refractivity contribution in [3.8, 4) is 55.6 Å². The minimum Gasteiger partial charge on any atom is -0.0616 e. The molecular weight excluding hydrogens is 721 g/mol. The highest BCUT2D eigenvalue weighted by Crippen LogP contribution is 2.43. The third-order valence-corrected chi connectivity index (χ3v) is 12.5. The Kier molecular flexibility index (Phi) is 5.78. The van der Waals surface area contributed by atoms with Crippen LogP contribution in [0.15, 0.2) is 218 Å². The lowest BCUT2D eigenvalue weighted by atomic mass is 9.87. The Labute approximate surface area is 357 Å². The monoisotopic (exact) mass is 763 g/mol. The van der Waals surface area contributed by atoms with Gasteiger partial charge in [-0.3, -0.25) is 0 Å². The lowest BCUT2D eigenvalue weighted by molar-refractivity contribution is 1.56. The molecule has 0 heterocycles. The van der Waals surface area contributed by atoms with Crippen molar-refractivity contribution in [2.75, 3.05) is 0 Å². The molecule has 60 heavy (non-hydrogen) atoms. The van der Waals surface area contributed by atoms with E-state index in [1.165, 1.54) is 64.6 Å². The largest absolute Gasteiger partial charge is 0.0636 e. The first-order chi connectivity index (χ1) is 32.6. The molecule has 0 aliphatic carbocycles. The van der Waals surface area contributed by atoms with Crippen LogP contribution in [0.5, 0.6) is 0 Å². The zero-order valence-corrected chi connectivity index (χ0v) is 32.2. The molecule has 0 amide bonds. The van der Waals surface area contributed by atoms with Crippen LogP contribution < -0.4 is 0 Å². The van der Waals surface area contributed by atoms with E-state index in [4.69, 9.17) is 6.85 Å². The maximum atomic E-state index is 9.54. The zero-order chi connectivity index (χ0) is 45.4. The summed E-state index contributed by atoms with van der Waals surface area (Å²) in [6.07, 6.45) is 0. The molecule has 0 nitrogen and oxygen atoms in total. The quantitative estimate of drug-likeness (QED) is 0.153. The van der Waals surface area contributed by atoms with E-state index in [0.29, 0.717) is 5.56 Å². The van der Waals surface area contributed by atoms with Gasteiger partial charge in [0.2, 0.25) is 0 Å². The molecule has 0 fully saturated rings. The van der Waals surface area contributed by atoms with Gasteiger partial charge < -0.3 is 0 Å². The smallest absolute Gasteiger partial charge is 0.0616 e. The molecular formula is C60H36. The van der Waals surface area contributed by atoms with Gasteiger partial charge in [-0.15, -0.1) is 0 Å². The van der Waals surface area contributed by atoms with E-state index < -0.39 is 24.2 Å². The molecule has 0 radical (unpaired) electrons. The van der Waals surface area contributed by atoms with Crippen LogP contribution in [-0.2, 0) is 0 Å². The topological polar surface area (TPSA) is 0 Å². The zero-order valence-electron chi connectivity index (χ0n) is 39.2. The lowest BCUT2D eigenvalue weighted by Crippen LogP contribution is -1.90. The molecule has 0 saturated heterocycles. The Bertz CT molecular complexity index is 4010. The Morgan fingerprint density at radius 2 is 0.633 bits per heavy atom. The summed E-state index contributed by atoms with van der Waals surface area (Å²) in [6.45, 7) is 0. The summed E-state index contributed by atoms with van der Waals surface area (Å²) >= 11 is 0. The maximum Gasteiger partial charge on any atom is 0.0636 e. The minimum atomic E-state index is -0.490. The predicted molar refractivity (Wildman–Crippen MR) is 259 cm³/mol. The number of fused-ring (bicyclic) bond motifs is 1. The summed E-state index contributed by atoms with van der Waals surface area (Å²) < 4.78 is 62.4. The van der Waals surface area contributed by atoms with Gasteiger partial charge in [0.25, 0.3) is 0 Å². The highest BCUT2D eigenvalue weighted by Gasteiger charge is 2.16. The number of hydrogen-bond acceptors (Lipinski definition) is 0. The first-order valence-corrected chi connectivity index (χ1v) is 20.3. The molecule has 0 spiro atoms. The summed E-state index contributed by atoms with van der Waals surface area (Å²) in [5.41, 5.74) is 8.43. The van der Waals surface area contributed by atoms with Gasteiger partial charge in [-0.1, -0.05) is 182 Å². The van der Waals surface area contributed by atoms with E-state index in [-0.39, 0.29) is 34.5 Å². The van der Waals surface area contributed by atoms with Crippen molar-refractivity contribution in [3.05, 3.63) is 218 Å². The normalized spacial score (nSPS) is 13.6. The van der Waals surface area contributed by atoms with Crippen LogP contribution in [0.1, 0.15) is 9.60 Å². The van der Waals surface area contributed by atoms with Gasteiger partial charge >= 0.3 is 0 Å². The summed E-state index contributed by atoms with van der Waals surface area (Å²) in [4.78, 5) is 0. The highest BCUT2D eigenvalue weighted by atomic mass is 14.2. The fourth-order valence-electron chi connectivity index (χ4n) is 9.74. The SMILES string of the molecule is [2H]c1c([2H])c([2H])c2c([2H])c(-c3cc(-c4cccc(-c5ccc6ccc7cccc8ccc5c6c78)c4)cc(-c4cccc(-c5ccc6ccc7cccc8ccc5c6c78)c4)c3)c([2H])c([2H])c2c1[2H]. The summed E-state index contributed by atoms with van der Waals surface area (Å²) in [5, 5.41) is 14.3. The Hall–Kier alpha value is -7.80. The van der Waals surface area contributed by atoms with Gasteiger partial charge in [-0.05, 0) is 167 Å². The number of hydrogen-bond donors (Lipinski definition) is 0. The van der Waals surface area contributed by atoms with E-state index in [9.17, 15) is 2.74 Å². The van der Waals surface area contributed by atoms with Crippen LogP contribution in [0.25, 0.3) is 131 Å². The summed E-state index contributed by atoms with van der Waals surface area (Å²) in [5.74, 6) is 0. The predicted octanol–water partition coefficient (Wildman–Crippen LogP) is 17.0. The average Bonchev–Trinajstić information content (AvgIpc) is 3.37. The van der Waals surface area contributed by atoms with Crippen molar-refractivity contribution in [2.24, 2.45) is 0 Å². The third kappa shape index (κ3) is 5.11. The van der Waals surface area contributed by atoms with E-state index in [1.807, 2.05) is 12.1 Å². The third-order valence-electron chi connectivity index (χ3n) is 12.5. The molecule has 13 aromatic rings. The minimum absolute atomic E-state index is 0.0685. The van der Waals surface area contributed by atoms with Crippen LogP contribution in [0.2, 0.25) is 0 Å². The molecule has 0 aromatic heterocycles. The number of rotatable bonds is 5. The summed E-state index contributed by atoms with van der Waals surface area (Å²) in [7, 11) is 0. The lowest BCUT2D eigenvalue weighted by Gasteiger charge is -2.16.